The number of unbranched alkanes of at least 4 members (excludes halogenated alkanes) is 9. The van der Waals surface area contributed by atoms with Crippen LogP contribution in [-0.4, -0.2) is 30.7 Å². The van der Waals surface area contributed by atoms with Crippen LogP contribution >= 0.6 is 0 Å². The second kappa shape index (κ2) is 22.8. The normalized spacial score (nSPS) is 10.6. The fourth-order valence-corrected chi connectivity index (χ4v) is 1.75. The molecule has 136 valence electrons. The molecule has 0 aromatic carbocycles. The number of hydrogen-bond donors (Lipinski definition) is 2. The van der Waals surface area contributed by atoms with Gasteiger partial charge in [0.25, 0.3) is 0 Å². The van der Waals surface area contributed by atoms with Gasteiger partial charge in [0.15, 0.2) is 0 Å². The van der Waals surface area contributed by atoms with Crippen LogP contribution in [0, 0.1) is 6.92 Å². The van der Waals surface area contributed by atoms with Gasteiger partial charge < -0.3 is 6.92 Å². The molecule has 0 unspecified atom stereocenters. The molecule has 0 radical (unpaired) electrons. The van der Waals surface area contributed by atoms with Crippen molar-refractivity contribution in [2.45, 2.75) is 71.1 Å². The van der Waals surface area contributed by atoms with Gasteiger partial charge in [0.2, 0.25) is 0 Å². The first-order valence-electron chi connectivity index (χ1n) is 7.82. The number of hydrogen-bond acceptors (Lipinski definition) is 5. The summed E-state index contributed by atoms with van der Waals surface area (Å²) in [7, 11) is -4.67. The molecule has 0 aliphatic heterocycles. The van der Waals surface area contributed by atoms with Gasteiger partial charge in [0, 0.05) is 0 Å². The maximum absolute atomic E-state index is 8.74. The van der Waals surface area contributed by atoms with E-state index in [1.54, 1.807) is 0 Å². The monoisotopic (exact) mass is 366 g/mol. The molecule has 0 aliphatic carbocycles. The standard InChI is InChI=1S/C14H29O3.Na.H2O4S/c1-3-5-6-7-8-9-10-11-12-13-14-16-17-15-4-2;;1-5(2,3)4/h2-14H2,1H3;;(H2,1,2,3,4)/q-1;+1;. The Hall–Kier alpha value is 0.750. The van der Waals surface area contributed by atoms with Gasteiger partial charge in [-0.05, 0) is 13.0 Å². The van der Waals surface area contributed by atoms with Crippen molar-refractivity contribution >= 4 is 10.4 Å². The summed E-state index contributed by atoms with van der Waals surface area (Å²) in [4.78, 5) is 9.28. The van der Waals surface area contributed by atoms with Gasteiger partial charge >= 0.3 is 40.0 Å². The smallest absolute Gasteiger partial charge is 0.315 e. The van der Waals surface area contributed by atoms with E-state index in [-0.39, 0.29) is 36.2 Å². The van der Waals surface area contributed by atoms with Gasteiger partial charge in [-0.1, -0.05) is 69.7 Å². The van der Waals surface area contributed by atoms with Crippen molar-refractivity contribution < 1.29 is 61.9 Å². The molecule has 0 heterocycles. The van der Waals surface area contributed by atoms with Crippen molar-refractivity contribution in [1.82, 2.24) is 0 Å². The molecule has 0 aromatic rings. The van der Waals surface area contributed by atoms with Crippen LogP contribution in [0.1, 0.15) is 71.1 Å². The Morgan fingerprint density at radius 1 is 0.826 bits per heavy atom. The van der Waals surface area contributed by atoms with E-state index in [1.807, 2.05) is 0 Å². The molecule has 0 spiro atoms. The van der Waals surface area contributed by atoms with Crippen molar-refractivity contribution in [2.75, 3.05) is 13.2 Å². The van der Waals surface area contributed by atoms with Crippen molar-refractivity contribution in [2.24, 2.45) is 0 Å². The Bertz CT molecular complexity index is 278. The molecule has 2 N–H and O–H groups in total. The third kappa shape index (κ3) is 45.0. The molecular weight excluding hydrogens is 335 g/mol. The van der Waals surface area contributed by atoms with Gasteiger partial charge in [-0.2, -0.15) is 8.42 Å². The van der Waals surface area contributed by atoms with Gasteiger partial charge in [-0.3, -0.25) is 9.11 Å². The molecule has 0 saturated carbocycles. The van der Waals surface area contributed by atoms with Crippen LogP contribution in [0.3, 0.4) is 0 Å². The third-order valence-electron chi connectivity index (χ3n) is 2.76. The summed E-state index contributed by atoms with van der Waals surface area (Å²) in [6, 6.07) is 0. The largest absolute Gasteiger partial charge is 1.00 e. The Kier molecular flexibility index (Phi) is 28.2. The summed E-state index contributed by atoms with van der Waals surface area (Å²) in [5.41, 5.74) is 0. The first-order valence-corrected chi connectivity index (χ1v) is 9.21. The molecule has 0 amide bonds. The van der Waals surface area contributed by atoms with E-state index < -0.39 is 10.4 Å². The average molecular weight is 366 g/mol. The second-order valence-corrected chi connectivity index (χ2v) is 5.74. The van der Waals surface area contributed by atoms with Crippen molar-refractivity contribution in [3.05, 3.63) is 6.92 Å². The van der Waals surface area contributed by atoms with Gasteiger partial charge in [0.05, 0.1) is 6.61 Å². The predicted octanol–water partition coefficient (Wildman–Crippen LogP) is 0.972. The number of rotatable bonds is 14. The Labute approximate surface area is 163 Å². The van der Waals surface area contributed by atoms with E-state index in [0.717, 1.165) is 6.42 Å². The summed E-state index contributed by atoms with van der Waals surface area (Å²) < 4.78 is 31.6. The van der Waals surface area contributed by atoms with E-state index in [1.165, 1.54) is 57.8 Å². The second-order valence-electron chi connectivity index (χ2n) is 4.84. The summed E-state index contributed by atoms with van der Waals surface area (Å²) >= 11 is 0. The van der Waals surface area contributed by atoms with Crippen LogP contribution in [-0.2, 0) is 25.2 Å². The fraction of sp³-hybridized carbons (Fsp3) is 0.929. The van der Waals surface area contributed by atoms with Crippen LogP contribution < -0.4 is 29.6 Å². The first kappa shape index (κ1) is 28.5. The molecule has 0 bridgehead atoms. The van der Waals surface area contributed by atoms with Crippen LogP contribution in [0.5, 0.6) is 0 Å². The zero-order valence-corrected chi connectivity index (χ0v) is 17.4. The quantitative estimate of drug-likeness (QED) is 0.118. The van der Waals surface area contributed by atoms with E-state index in [0.29, 0.717) is 6.61 Å². The first-order chi connectivity index (χ1) is 10.4. The van der Waals surface area contributed by atoms with Crippen LogP contribution in [0.4, 0.5) is 0 Å². The van der Waals surface area contributed by atoms with E-state index in [4.69, 9.17) is 22.4 Å². The molecule has 9 heteroatoms. The van der Waals surface area contributed by atoms with Crippen LogP contribution in [0.2, 0.25) is 0 Å². The maximum Gasteiger partial charge on any atom is 1.00 e. The van der Waals surface area contributed by atoms with Crippen molar-refractivity contribution in [3.63, 3.8) is 0 Å². The van der Waals surface area contributed by atoms with E-state index >= 15 is 0 Å². The van der Waals surface area contributed by atoms with Gasteiger partial charge in [-0.25, -0.2) is 9.78 Å². The summed E-state index contributed by atoms with van der Waals surface area (Å²) in [6.07, 6.45) is 13.2. The Balaban J connectivity index is -0.000000578. The van der Waals surface area contributed by atoms with Crippen molar-refractivity contribution in [1.29, 1.82) is 0 Å². The van der Waals surface area contributed by atoms with E-state index in [2.05, 4.69) is 23.8 Å². The molecule has 0 saturated heterocycles. The van der Waals surface area contributed by atoms with Crippen LogP contribution in [0.25, 0.3) is 0 Å². The Morgan fingerprint density at radius 3 is 1.61 bits per heavy atom. The minimum Gasteiger partial charge on any atom is -0.315 e. The molecular formula is C14H31NaO7S. The third-order valence-corrected chi connectivity index (χ3v) is 2.76. The van der Waals surface area contributed by atoms with E-state index in [9.17, 15) is 0 Å². The Morgan fingerprint density at radius 2 is 1.22 bits per heavy atom. The average Bonchev–Trinajstić information content (AvgIpc) is 2.42. The summed E-state index contributed by atoms with van der Waals surface area (Å²) in [6.45, 7) is 6.59. The molecule has 7 nitrogen and oxygen atoms in total. The molecule has 23 heavy (non-hydrogen) atoms. The van der Waals surface area contributed by atoms with Crippen molar-refractivity contribution in [3.8, 4) is 0 Å². The zero-order valence-electron chi connectivity index (χ0n) is 14.5. The topological polar surface area (TPSA) is 102 Å². The molecule has 0 aromatic heterocycles. The molecule has 0 fully saturated rings. The minimum absolute atomic E-state index is 0. The molecule has 0 rings (SSSR count). The van der Waals surface area contributed by atoms with Gasteiger partial charge in [-0.15, -0.1) is 0 Å². The minimum atomic E-state index is -4.67. The van der Waals surface area contributed by atoms with Crippen LogP contribution in [0.15, 0.2) is 0 Å². The molecule has 0 aliphatic rings. The fourth-order valence-electron chi connectivity index (χ4n) is 1.75. The summed E-state index contributed by atoms with van der Waals surface area (Å²) in [5, 5.41) is 4.40. The SMILES string of the molecule is O=S(=O)(O)O.[CH2-]COOOCCCCCCCCCCCC.[Na+]. The predicted molar refractivity (Wildman–Crippen MR) is 84.4 cm³/mol. The maximum atomic E-state index is 8.74. The summed E-state index contributed by atoms with van der Waals surface area (Å²) in [5.74, 6) is 0. The molecule has 0 atom stereocenters. The zero-order chi connectivity index (χ0) is 17.1. The van der Waals surface area contributed by atoms with Gasteiger partial charge in [0.1, 0.15) is 0 Å².